The van der Waals surface area contributed by atoms with Crippen LogP contribution in [0.4, 0.5) is 8.78 Å². The Hall–Kier alpha value is -2.56. The number of nitrogens with zero attached hydrogens (tertiary/aromatic N) is 5. The Kier molecular flexibility index (Phi) is 3.27. The Morgan fingerprint density at radius 2 is 2.21 bits per heavy atom. The molecule has 1 aliphatic rings. The van der Waals surface area contributed by atoms with Gasteiger partial charge in [-0.1, -0.05) is 0 Å². The summed E-state index contributed by atoms with van der Waals surface area (Å²) in [5, 5.41) is 10.3. The number of H-pyrrole nitrogens is 1. The smallest absolute Gasteiger partial charge is 0.329 e. The number of thiophene rings is 1. The number of carbonyl (C=O) groups is 1. The molecule has 3 aromatic rings. The molecule has 11 heteroatoms. The second-order valence-electron chi connectivity index (χ2n) is 5.46. The lowest BCUT2D eigenvalue weighted by Crippen LogP contribution is -2.40. The van der Waals surface area contributed by atoms with Crippen LogP contribution in [0.25, 0.3) is 10.2 Å². The summed E-state index contributed by atoms with van der Waals surface area (Å²) in [5.41, 5.74) is -0.616. The summed E-state index contributed by atoms with van der Waals surface area (Å²) >= 11 is 1.13. The maximum Gasteiger partial charge on any atom is 0.343 e. The predicted molar refractivity (Wildman–Crippen MR) is 81.1 cm³/mol. The number of nitrogens with one attached hydrogen (secondary N) is 1. The number of aryl methyl sites for hydroxylation is 1. The third kappa shape index (κ3) is 2.15. The maximum atomic E-state index is 13.0. The van der Waals surface area contributed by atoms with E-state index in [1.165, 1.54) is 15.3 Å². The third-order valence-corrected chi connectivity index (χ3v) is 5.20. The molecule has 0 spiro atoms. The molecule has 1 N–H and O–H groups in total. The number of fused-ring (bicyclic) bond motifs is 2. The number of aromatic amines is 1. The molecule has 0 radical (unpaired) electrons. The van der Waals surface area contributed by atoms with Gasteiger partial charge in [0.25, 0.3) is 12.3 Å². The number of amides is 1. The van der Waals surface area contributed by atoms with Crippen LogP contribution in [0.3, 0.4) is 0 Å². The van der Waals surface area contributed by atoms with Crippen LogP contribution in [0.1, 0.15) is 27.6 Å². The summed E-state index contributed by atoms with van der Waals surface area (Å²) < 4.78 is 28.9. The second kappa shape index (κ2) is 5.23. The SMILES string of the molecule is Cn1nc(C(F)F)c2cc(C(=O)N3CCn4c(n[nH]c4=O)C3)sc21. The van der Waals surface area contributed by atoms with Crippen molar-refractivity contribution in [3.05, 3.63) is 32.9 Å². The van der Waals surface area contributed by atoms with Crippen molar-refractivity contribution in [2.24, 2.45) is 7.05 Å². The number of rotatable bonds is 2. The summed E-state index contributed by atoms with van der Waals surface area (Å²) in [6.45, 7) is 0.913. The molecule has 0 aliphatic carbocycles. The van der Waals surface area contributed by atoms with Crippen molar-refractivity contribution in [1.29, 1.82) is 0 Å². The van der Waals surface area contributed by atoms with E-state index in [0.29, 0.717) is 34.0 Å². The van der Waals surface area contributed by atoms with E-state index >= 15 is 0 Å². The largest absolute Gasteiger partial charge is 0.343 e. The van der Waals surface area contributed by atoms with Gasteiger partial charge in [-0.2, -0.15) is 10.2 Å². The fraction of sp³-hybridized carbons (Fsp3) is 0.385. The van der Waals surface area contributed by atoms with Crippen LogP contribution in [-0.2, 0) is 20.1 Å². The zero-order valence-electron chi connectivity index (χ0n) is 12.5. The molecular weight excluding hydrogens is 342 g/mol. The summed E-state index contributed by atoms with van der Waals surface area (Å²) in [6, 6.07) is 1.46. The molecule has 126 valence electrons. The first-order chi connectivity index (χ1) is 11.5. The highest BCUT2D eigenvalue weighted by atomic mass is 32.1. The highest BCUT2D eigenvalue weighted by molar-refractivity contribution is 7.20. The van der Waals surface area contributed by atoms with Crippen molar-refractivity contribution < 1.29 is 13.6 Å². The second-order valence-corrected chi connectivity index (χ2v) is 6.49. The first-order valence-corrected chi connectivity index (χ1v) is 7.95. The van der Waals surface area contributed by atoms with Crippen LogP contribution in [-0.4, -0.2) is 41.9 Å². The molecule has 1 aliphatic heterocycles. The lowest BCUT2D eigenvalue weighted by atomic mass is 10.2. The highest BCUT2D eigenvalue weighted by Crippen LogP contribution is 2.33. The van der Waals surface area contributed by atoms with Gasteiger partial charge in [-0.3, -0.25) is 14.0 Å². The van der Waals surface area contributed by atoms with Gasteiger partial charge in [0.05, 0.1) is 11.4 Å². The average Bonchev–Trinajstić information content (AvgIpc) is 3.22. The topological polar surface area (TPSA) is 88.8 Å². The van der Waals surface area contributed by atoms with E-state index in [1.807, 2.05) is 0 Å². The van der Waals surface area contributed by atoms with Gasteiger partial charge in [0.15, 0.2) is 5.82 Å². The number of carbonyl (C=O) groups excluding carboxylic acids is 1. The monoisotopic (exact) mass is 354 g/mol. The fourth-order valence-electron chi connectivity index (χ4n) is 2.83. The molecule has 4 heterocycles. The molecule has 0 bridgehead atoms. The molecule has 0 unspecified atom stereocenters. The molecule has 0 fully saturated rings. The minimum atomic E-state index is -2.69. The molecule has 24 heavy (non-hydrogen) atoms. The van der Waals surface area contributed by atoms with Gasteiger partial charge >= 0.3 is 5.69 Å². The molecule has 4 rings (SSSR count). The average molecular weight is 354 g/mol. The van der Waals surface area contributed by atoms with Crippen LogP contribution in [0.2, 0.25) is 0 Å². The minimum absolute atomic E-state index is 0.200. The van der Waals surface area contributed by atoms with E-state index in [2.05, 4.69) is 15.3 Å². The summed E-state index contributed by atoms with van der Waals surface area (Å²) in [5.74, 6) is 0.216. The Bertz CT molecular complexity index is 1000. The van der Waals surface area contributed by atoms with E-state index in [-0.39, 0.29) is 23.8 Å². The molecular formula is C13H12F2N6O2S. The molecule has 0 aromatic carbocycles. The number of hydrogen-bond donors (Lipinski definition) is 1. The van der Waals surface area contributed by atoms with Crippen LogP contribution in [0.15, 0.2) is 10.9 Å². The van der Waals surface area contributed by atoms with Crippen LogP contribution >= 0.6 is 11.3 Å². The molecule has 8 nitrogen and oxygen atoms in total. The van der Waals surface area contributed by atoms with Gasteiger partial charge in [-0.15, -0.1) is 11.3 Å². The van der Waals surface area contributed by atoms with E-state index in [1.54, 1.807) is 11.9 Å². The van der Waals surface area contributed by atoms with Gasteiger partial charge in [-0.25, -0.2) is 18.7 Å². The molecule has 0 atom stereocenters. The first-order valence-electron chi connectivity index (χ1n) is 7.13. The first kappa shape index (κ1) is 15.0. The zero-order chi connectivity index (χ0) is 17.0. The summed E-state index contributed by atoms with van der Waals surface area (Å²) in [4.78, 5) is 26.6. The molecule has 0 saturated carbocycles. The number of alkyl halides is 2. The number of hydrogen-bond acceptors (Lipinski definition) is 5. The Labute approximate surface area is 137 Å². The number of halogens is 2. The fourth-order valence-corrected chi connectivity index (χ4v) is 3.88. The van der Waals surface area contributed by atoms with Crippen molar-refractivity contribution in [2.45, 2.75) is 19.5 Å². The van der Waals surface area contributed by atoms with Crippen LogP contribution in [0, 0.1) is 0 Å². The minimum Gasteiger partial charge on any atom is -0.329 e. The van der Waals surface area contributed by atoms with E-state index in [0.717, 1.165) is 11.3 Å². The normalized spacial score (nSPS) is 14.6. The molecule has 1 amide bonds. The molecule has 3 aromatic heterocycles. The Balaban J connectivity index is 1.67. The van der Waals surface area contributed by atoms with Crippen LogP contribution in [0.5, 0.6) is 0 Å². The van der Waals surface area contributed by atoms with Gasteiger partial charge in [0.1, 0.15) is 10.5 Å². The lowest BCUT2D eigenvalue weighted by molar-refractivity contribution is 0.0711. The van der Waals surface area contributed by atoms with Crippen LogP contribution < -0.4 is 5.69 Å². The zero-order valence-corrected chi connectivity index (χ0v) is 13.3. The molecule has 0 saturated heterocycles. The van der Waals surface area contributed by atoms with Crippen molar-refractivity contribution in [1.82, 2.24) is 29.4 Å². The Morgan fingerprint density at radius 1 is 1.42 bits per heavy atom. The number of aromatic nitrogens is 5. The standard InChI is InChI=1S/C13H12F2N6O2S/c1-19-12-6(9(18-19)10(14)15)4-7(24-12)11(22)20-2-3-21-8(5-20)16-17-13(21)23/h4,10H,2-3,5H2,1H3,(H,17,23). The summed E-state index contributed by atoms with van der Waals surface area (Å²) in [7, 11) is 1.57. The Morgan fingerprint density at radius 3 is 2.96 bits per heavy atom. The van der Waals surface area contributed by atoms with Gasteiger partial charge < -0.3 is 4.90 Å². The van der Waals surface area contributed by atoms with Gasteiger partial charge in [-0.05, 0) is 6.07 Å². The van der Waals surface area contributed by atoms with E-state index in [4.69, 9.17) is 0 Å². The van der Waals surface area contributed by atoms with Gasteiger partial charge in [0.2, 0.25) is 0 Å². The predicted octanol–water partition coefficient (Wildman–Crippen LogP) is 1.11. The van der Waals surface area contributed by atoms with E-state index in [9.17, 15) is 18.4 Å². The van der Waals surface area contributed by atoms with Crippen molar-refractivity contribution >= 4 is 27.5 Å². The van der Waals surface area contributed by atoms with Crippen molar-refractivity contribution in [2.75, 3.05) is 6.54 Å². The third-order valence-electron chi connectivity index (χ3n) is 4.01. The maximum absolute atomic E-state index is 13.0. The van der Waals surface area contributed by atoms with Crippen molar-refractivity contribution in [3.8, 4) is 0 Å². The van der Waals surface area contributed by atoms with Crippen molar-refractivity contribution in [3.63, 3.8) is 0 Å². The highest BCUT2D eigenvalue weighted by Gasteiger charge is 2.27. The summed E-state index contributed by atoms with van der Waals surface area (Å²) in [6.07, 6.45) is -2.69. The lowest BCUT2D eigenvalue weighted by Gasteiger charge is -2.26. The van der Waals surface area contributed by atoms with Gasteiger partial charge in [0, 0.05) is 25.5 Å². The quantitative estimate of drug-likeness (QED) is 0.747. The van der Waals surface area contributed by atoms with E-state index < -0.39 is 6.43 Å².